The van der Waals surface area contributed by atoms with Crippen molar-refractivity contribution >= 4 is 17.8 Å². The van der Waals surface area contributed by atoms with Gasteiger partial charge in [-0.05, 0) is 25.7 Å². The van der Waals surface area contributed by atoms with Crippen molar-refractivity contribution in [1.29, 1.82) is 0 Å². The number of rotatable bonds is 6. The predicted octanol–water partition coefficient (Wildman–Crippen LogP) is 0.718. The van der Waals surface area contributed by atoms with Crippen LogP contribution in [0.2, 0.25) is 0 Å². The van der Waals surface area contributed by atoms with Gasteiger partial charge in [-0.25, -0.2) is 0 Å². The van der Waals surface area contributed by atoms with Gasteiger partial charge in [-0.15, -0.1) is 0 Å². The number of carboxylic acid groups (broad SMARTS) is 1. The maximum absolute atomic E-state index is 12.1. The monoisotopic (exact) mass is 284 g/mol. The summed E-state index contributed by atoms with van der Waals surface area (Å²) in [7, 11) is 1.66. The largest absolute Gasteiger partial charge is 0.481 e. The molecular weight excluding hydrogens is 260 g/mol. The Balaban J connectivity index is 2.57. The van der Waals surface area contributed by atoms with Crippen LogP contribution >= 0.6 is 0 Å². The zero-order valence-electron chi connectivity index (χ0n) is 12.4. The minimum Gasteiger partial charge on any atom is -0.481 e. The fourth-order valence-corrected chi connectivity index (χ4v) is 2.64. The summed E-state index contributed by atoms with van der Waals surface area (Å²) in [5.74, 6) is -2.26. The molecule has 0 aliphatic heterocycles. The van der Waals surface area contributed by atoms with Crippen LogP contribution in [0.5, 0.6) is 0 Å². The topological polar surface area (TPSA) is 86.7 Å². The van der Waals surface area contributed by atoms with E-state index in [4.69, 9.17) is 0 Å². The maximum Gasteiger partial charge on any atom is 0.307 e. The van der Waals surface area contributed by atoms with E-state index in [1.54, 1.807) is 7.05 Å². The summed E-state index contributed by atoms with van der Waals surface area (Å²) < 4.78 is 0. The van der Waals surface area contributed by atoms with E-state index < -0.39 is 17.8 Å². The van der Waals surface area contributed by atoms with Crippen LogP contribution in [0.25, 0.3) is 0 Å². The van der Waals surface area contributed by atoms with E-state index in [0.29, 0.717) is 19.4 Å². The van der Waals surface area contributed by atoms with E-state index >= 15 is 0 Å². The lowest BCUT2D eigenvalue weighted by molar-refractivity contribution is -0.146. The van der Waals surface area contributed by atoms with Gasteiger partial charge in [0.15, 0.2) is 0 Å². The number of nitrogens with zero attached hydrogens (tertiary/aromatic N) is 1. The van der Waals surface area contributed by atoms with Crippen LogP contribution in [0, 0.1) is 17.8 Å². The van der Waals surface area contributed by atoms with E-state index in [-0.39, 0.29) is 24.3 Å². The molecule has 20 heavy (non-hydrogen) atoms. The van der Waals surface area contributed by atoms with Crippen LogP contribution in [-0.4, -0.2) is 47.9 Å². The Bertz CT molecular complexity index is 383. The average molecular weight is 284 g/mol. The van der Waals surface area contributed by atoms with Crippen LogP contribution < -0.4 is 5.32 Å². The van der Waals surface area contributed by atoms with Gasteiger partial charge in [0.2, 0.25) is 11.8 Å². The summed E-state index contributed by atoms with van der Waals surface area (Å²) in [5, 5.41) is 11.8. The number of carboxylic acids is 1. The Labute approximate surface area is 119 Å². The molecule has 0 bridgehead atoms. The van der Waals surface area contributed by atoms with Gasteiger partial charge >= 0.3 is 5.97 Å². The van der Waals surface area contributed by atoms with E-state index in [9.17, 15) is 19.5 Å². The number of likely N-dealkylation sites (N-methyl/N-ethyl adjacent to an activating group) is 1. The smallest absolute Gasteiger partial charge is 0.307 e. The fourth-order valence-electron chi connectivity index (χ4n) is 2.64. The first-order valence-corrected chi connectivity index (χ1v) is 7.15. The molecule has 1 aliphatic rings. The van der Waals surface area contributed by atoms with Crippen LogP contribution in [-0.2, 0) is 14.4 Å². The molecule has 1 rings (SSSR count). The zero-order chi connectivity index (χ0) is 15.3. The van der Waals surface area contributed by atoms with E-state index in [0.717, 1.165) is 6.42 Å². The molecule has 0 aromatic heterocycles. The third-order valence-electron chi connectivity index (χ3n) is 4.21. The third kappa shape index (κ3) is 3.95. The minimum absolute atomic E-state index is 0.0667. The highest BCUT2D eigenvalue weighted by atomic mass is 16.4. The van der Waals surface area contributed by atoms with E-state index in [1.807, 2.05) is 13.8 Å². The van der Waals surface area contributed by atoms with Crippen molar-refractivity contribution < 1.29 is 19.5 Å². The fraction of sp³-hybridized carbons (Fsp3) is 0.786. The van der Waals surface area contributed by atoms with Crippen molar-refractivity contribution in [1.82, 2.24) is 10.2 Å². The first-order chi connectivity index (χ1) is 9.40. The number of hydrogen-bond acceptors (Lipinski definition) is 3. The van der Waals surface area contributed by atoms with Crippen LogP contribution in [0.15, 0.2) is 0 Å². The van der Waals surface area contributed by atoms with Crippen molar-refractivity contribution in [3.05, 3.63) is 0 Å². The van der Waals surface area contributed by atoms with Gasteiger partial charge in [-0.3, -0.25) is 14.4 Å². The normalized spacial score (nSPS) is 25.2. The van der Waals surface area contributed by atoms with Crippen molar-refractivity contribution in [2.75, 3.05) is 20.1 Å². The molecule has 0 radical (unpaired) electrons. The minimum atomic E-state index is -0.918. The van der Waals surface area contributed by atoms with E-state index in [2.05, 4.69) is 5.32 Å². The van der Waals surface area contributed by atoms with Crippen LogP contribution in [0.1, 0.15) is 33.1 Å². The Kier molecular flexibility index (Phi) is 5.98. The summed E-state index contributed by atoms with van der Waals surface area (Å²) in [6.45, 7) is 4.36. The SMILES string of the molecule is CCC1C[C@H](C(=O)NCC(=O)N(C)CC)[C@H](C(=O)O)C1. The summed E-state index contributed by atoms with van der Waals surface area (Å²) >= 11 is 0. The highest BCUT2D eigenvalue weighted by Crippen LogP contribution is 2.38. The summed E-state index contributed by atoms with van der Waals surface area (Å²) in [6, 6.07) is 0. The molecule has 1 unspecified atom stereocenters. The molecule has 0 aromatic carbocycles. The molecule has 6 heteroatoms. The summed E-state index contributed by atoms with van der Waals surface area (Å²) in [6.07, 6.45) is 2.02. The second kappa shape index (κ2) is 7.26. The highest BCUT2D eigenvalue weighted by molar-refractivity contribution is 5.88. The van der Waals surface area contributed by atoms with Gasteiger partial charge in [0, 0.05) is 13.6 Å². The average Bonchev–Trinajstić information content (AvgIpc) is 2.87. The van der Waals surface area contributed by atoms with Crippen molar-refractivity contribution in [2.24, 2.45) is 17.8 Å². The number of aliphatic carboxylic acids is 1. The van der Waals surface area contributed by atoms with Gasteiger partial charge in [-0.2, -0.15) is 0 Å². The molecule has 3 atom stereocenters. The Morgan fingerprint density at radius 3 is 2.30 bits per heavy atom. The molecule has 1 saturated carbocycles. The maximum atomic E-state index is 12.1. The zero-order valence-corrected chi connectivity index (χ0v) is 12.4. The molecule has 114 valence electrons. The van der Waals surface area contributed by atoms with Crippen molar-refractivity contribution in [3.63, 3.8) is 0 Å². The number of nitrogens with one attached hydrogen (secondary N) is 1. The lowest BCUT2D eigenvalue weighted by Crippen LogP contribution is -2.42. The summed E-state index contributed by atoms with van der Waals surface area (Å²) in [4.78, 5) is 36.4. The molecule has 0 aromatic rings. The predicted molar refractivity (Wildman–Crippen MR) is 74.0 cm³/mol. The van der Waals surface area contributed by atoms with Gasteiger partial charge in [-0.1, -0.05) is 13.3 Å². The highest BCUT2D eigenvalue weighted by Gasteiger charge is 2.42. The summed E-state index contributed by atoms with van der Waals surface area (Å²) in [5.41, 5.74) is 0. The van der Waals surface area contributed by atoms with Crippen molar-refractivity contribution in [2.45, 2.75) is 33.1 Å². The first-order valence-electron chi connectivity index (χ1n) is 7.15. The number of amides is 2. The quantitative estimate of drug-likeness (QED) is 0.752. The molecular formula is C14H24N2O4. The van der Waals surface area contributed by atoms with Crippen LogP contribution in [0.3, 0.4) is 0 Å². The Morgan fingerprint density at radius 1 is 1.20 bits per heavy atom. The number of carbonyl (C=O) groups is 3. The molecule has 2 amide bonds. The molecule has 0 saturated heterocycles. The molecule has 1 aliphatic carbocycles. The van der Waals surface area contributed by atoms with Gasteiger partial charge < -0.3 is 15.3 Å². The van der Waals surface area contributed by atoms with Crippen molar-refractivity contribution in [3.8, 4) is 0 Å². The Hall–Kier alpha value is -1.59. The van der Waals surface area contributed by atoms with E-state index in [1.165, 1.54) is 4.90 Å². The second-order valence-corrected chi connectivity index (χ2v) is 5.42. The third-order valence-corrected chi connectivity index (χ3v) is 4.21. The molecule has 2 N–H and O–H groups in total. The second-order valence-electron chi connectivity index (χ2n) is 5.42. The standard InChI is InChI=1S/C14H24N2O4/c1-4-9-6-10(11(7-9)14(19)20)13(18)15-8-12(17)16(3)5-2/h9-11H,4-8H2,1-3H3,(H,15,18)(H,19,20)/t9?,10-,11+/m0/s1. The van der Waals surface area contributed by atoms with Gasteiger partial charge in [0.25, 0.3) is 0 Å². The van der Waals surface area contributed by atoms with Gasteiger partial charge in [0.05, 0.1) is 18.4 Å². The number of carbonyl (C=O) groups excluding carboxylic acids is 2. The first kappa shape index (κ1) is 16.5. The molecule has 0 heterocycles. The molecule has 1 fully saturated rings. The molecule has 0 spiro atoms. The van der Waals surface area contributed by atoms with Crippen LogP contribution in [0.4, 0.5) is 0 Å². The lowest BCUT2D eigenvalue weighted by Gasteiger charge is -2.18. The van der Waals surface area contributed by atoms with Gasteiger partial charge in [0.1, 0.15) is 0 Å². The molecule has 6 nitrogen and oxygen atoms in total. The lowest BCUT2D eigenvalue weighted by atomic mass is 9.95. The number of hydrogen-bond donors (Lipinski definition) is 2. The Morgan fingerprint density at radius 2 is 1.80 bits per heavy atom.